The monoisotopic (exact) mass is 204 g/mol. The van der Waals surface area contributed by atoms with Gasteiger partial charge in [-0.1, -0.05) is 0 Å². The summed E-state index contributed by atoms with van der Waals surface area (Å²) in [6.45, 7) is 0. The summed E-state index contributed by atoms with van der Waals surface area (Å²) in [4.78, 5) is 0. The Morgan fingerprint density at radius 1 is 0.500 bits per heavy atom. The summed E-state index contributed by atoms with van der Waals surface area (Å²) in [5.41, 5.74) is 0. The first kappa shape index (κ1) is 39.0. The zero-order chi connectivity index (χ0) is 0. The molecule has 4 heteroatoms. The normalized spacial score (nSPS) is 0. The number of hydrogen-bond donors (Lipinski definition) is 0. The predicted molar refractivity (Wildman–Crippen MR) is 33.3 cm³/mol. The van der Waals surface area contributed by atoms with E-state index < -0.39 is 0 Å². The van der Waals surface area contributed by atoms with Crippen LogP contribution in [0.15, 0.2) is 0 Å². The molecule has 0 fully saturated rings. The molecule has 0 N–H and O–H groups in total. The van der Waals surface area contributed by atoms with Gasteiger partial charge in [-0.05, 0) is 0 Å². The standard InChI is InChI=1S/3H3P.Ru/h3*1H3;. The van der Waals surface area contributed by atoms with Crippen LogP contribution in [0.2, 0.25) is 0 Å². The first-order valence-corrected chi connectivity index (χ1v) is 0. The first-order valence-electron chi connectivity index (χ1n) is 0. The molecule has 0 spiro atoms. The predicted octanol–water partition coefficient (Wildman–Crippen LogP) is 0.172. The van der Waals surface area contributed by atoms with Crippen molar-refractivity contribution in [2.75, 3.05) is 0 Å². The smallest absolute Gasteiger partial charge is 0 e. The molecule has 0 aromatic rings. The van der Waals surface area contributed by atoms with Crippen LogP contribution >= 0.6 is 29.7 Å². The Kier molecular flexibility index (Phi) is 200. The van der Waals surface area contributed by atoms with Gasteiger partial charge in [0.1, 0.15) is 0 Å². The van der Waals surface area contributed by atoms with Gasteiger partial charge in [0.2, 0.25) is 0 Å². The van der Waals surface area contributed by atoms with Crippen LogP contribution in [0.25, 0.3) is 0 Å². The molecule has 0 aliphatic heterocycles. The first-order chi connectivity index (χ1) is 0. The minimum atomic E-state index is 0. The van der Waals surface area contributed by atoms with Gasteiger partial charge in [-0.3, -0.25) is 0 Å². The largest absolute Gasteiger partial charge is 0.153 e. The van der Waals surface area contributed by atoms with E-state index in [-0.39, 0.29) is 49.2 Å². The van der Waals surface area contributed by atoms with E-state index in [9.17, 15) is 0 Å². The molecule has 0 aromatic carbocycles. The fourth-order valence-electron chi connectivity index (χ4n) is 0. The molecule has 32 valence electrons. The van der Waals surface area contributed by atoms with E-state index >= 15 is 0 Å². The van der Waals surface area contributed by atoms with Gasteiger partial charge in [0, 0.05) is 19.5 Å². The molecule has 0 aliphatic rings. The van der Waals surface area contributed by atoms with Gasteiger partial charge in [0.15, 0.2) is 0 Å². The fraction of sp³-hybridized carbons (Fsp3) is 0. The van der Waals surface area contributed by atoms with Crippen molar-refractivity contribution in [3.05, 3.63) is 0 Å². The van der Waals surface area contributed by atoms with Gasteiger partial charge in [-0.15, -0.1) is 0 Å². The quantitative estimate of drug-likeness (QED) is 0.389. The van der Waals surface area contributed by atoms with E-state index in [0.717, 1.165) is 0 Å². The van der Waals surface area contributed by atoms with E-state index in [2.05, 4.69) is 0 Å². The van der Waals surface area contributed by atoms with Gasteiger partial charge in [0.25, 0.3) is 0 Å². The maximum atomic E-state index is 0. The summed E-state index contributed by atoms with van der Waals surface area (Å²) < 4.78 is 0. The van der Waals surface area contributed by atoms with Gasteiger partial charge >= 0.3 is 0 Å². The van der Waals surface area contributed by atoms with Crippen molar-refractivity contribution in [3.63, 3.8) is 0 Å². The third-order valence-electron chi connectivity index (χ3n) is 0. The molecular formula is H9P3Ru. The Hall–Kier alpha value is 1.91. The third-order valence-corrected chi connectivity index (χ3v) is 0. The van der Waals surface area contributed by atoms with E-state index in [1.807, 2.05) is 0 Å². The van der Waals surface area contributed by atoms with Gasteiger partial charge in [-0.25, -0.2) is 0 Å². The average Bonchev–Trinajstić information content (AvgIpc) is 0. The van der Waals surface area contributed by atoms with Crippen molar-refractivity contribution in [1.82, 2.24) is 0 Å². The van der Waals surface area contributed by atoms with Gasteiger partial charge in [-0.2, -0.15) is 29.7 Å². The number of rotatable bonds is 0. The molecule has 3 atom stereocenters. The van der Waals surface area contributed by atoms with Crippen molar-refractivity contribution < 1.29 is 19.5 Å². The molecular weight excluding hydrogens is 194 g/mol. The van der Waals surface area contributed by atoms with Crippen LogP contribution in [0.1, 0.15) is 0 Å². The average molecular weight is 203 g/mol. The zero-order valence-corrected chi connectivity index (χ0v) is 8.46. The van der Waals surface area contributed by atoms with Crippen LogP contribution < -0.4 is 0 Å². The fourth-order valence-corrected chi connectivity index (χ4v) is 0. The van der Waals surface area contributed by atoms with Crippen LogP contribution in [0.4, 0.5) is 0 Å². The Bertz CT molecular complexity index is 3.25. The molecule has 0 rings (SSSR count). The maximum absolute atomic E-state index is 0. The maximum Gasteiger partial charge on any atom is 0 e. The Morgan fingerprint density at radius 3 is 0.500 bits per heavy atom. The van der Waals surface area contributed by atoms with Crippen LogP contribution in [0.3, 0.4) is 0 Å². The summed E-state index contributed by atoms with van der Waals surface area (Å²) in [7, 11) is 0. The molecule has 0 bridgehead atoms. The summed E-state index contributed by atoms with van der Waals surface area (Å²) in [6, 6.07) is 0. The van der Waals surface area contributed by atoms with Crippen LogP contribution in [0.5, 0.6) is 0 Å². The van der Waals surface area contributed by atoms with E-state index in [0.29, 0.717) is 0 Å². The minimum Gasteiger partial charge on any atom is -0.153 e. The summed E-state index contributed by atoms with van der Waals surface area (Å²) >= 11 is 0. The molecule has 0 saturated heterocycles. The van der Waals surface area contributed by atoms with E-state index in [1.165, 1.54) is 0 Å². The SMILES string of the molecule is P.P.P.[Ru]. The Balaban J connectivity index is 0. The van der Waals surface area contributed by atoms with Crippen molar-refractivity contribution in [2.24, 2.45) is 0 Å². The summed E-state index contributed by atoms with van der Waals surface area (Å²) in [5, 5.41) is 0. The molecule has 0 aromatic heterocycles. The van der Waals surface area contributed by atoms with Crippen LogP contribution in [-0.4, -0.2) is 0 Å². The van der Waals surface area contributed by atoms with Crippen molar-refractivity contribution >= 4 is 29.7 Å². The molecule has 3 unspecified atom stereocenters. The molecule has 0 saturated carbocycles. The van der Waals surface area contributed by atoms with E-state index in [1.54, 1.807) is 0 Å². The molecule has 0 nitrogen and oxygen atoms in total. The van der Waals surface area contributed by atoms with Crippen LogP contribution in [-0.2, 0) is 19.5 Å². The Labute approximate surface area is 49.5 Å². The van der Waals surface area contributed by atoms with Crippen molar-refractivity contribution in [3.8, 4) is 0 Å². The topological polar surface area (TPSA) is 0 Å². The molecule has 0 radical (unpaired) electrons. The van der Waals surface area contributed by atoms with Crippen molar-refractivity contribution in [1.29, 1.82) is 0 Å². The summed E-state index contributed by atoms with van der Waals surface area (Å²) in [5.74, 6) is 0. The van der Waals surface area contributed by atoms with Gasteiger partial charge < -0.3 is 0 Å². The van der Waals surface area contributed by atoms with E-state index in [4.69, 9.17) is 0 Å². The molecule has 4 heavy (non-hydrogen) atoms. The second-order valence-electron chi connectivity index (χ2n) is 0. The van der Waals surface area contributed by atoms with Crippen molar-refractivity contribution in [2.45, 2.75) is 0 Å². The third kappa shape index (κ3) is 9.07. The Morgan fingerprint density at radius 2 is 0.500 bits per heavy atom. The minimum absolute atomic E-state index is 0. The second-order valence-corrected chi connectivity index (χ2v) is 0. The molecule has 0 aliphatic carbocycles. The molecule has 0 heterocycles. The summed E-state index contributed by atoms with van der Waals surface area (Å²) in [6.07, 6.45) is 0. The zero-order valence-electron chi connectivity index (χ0n) is 2.47. The number of hydrogen-bond acceptors (Lipinski definition) is 0. The van der Waals surface area contributed by atoms with Crippen LogP contribution in [0, 0.1) is 0 Å². The second kappa shape index (κ2) is 20.6. The van der Waals surface area contributed by atoms with Gasteiger partial charge in [0.05, 0.1) is 0 Å². The molecule has 0 amide bonds.